The quantitative estimate of drug-likeness (QED) is 0.899. The number of imidazole rings is 1. The maximum atomic E-state index is 13.2. The molecule has 1 N–H and O–H groups in total. The van der Waals surface area contributed by atoms with Crippen LogP contribution in [0.4, 0.5) is 8.78 Å². The van der Waals surface area contributed by atoms with E-state index in [2.05, 4.69) is 16.0 Å². The summed E-state index contributed by atoms with van der Waals surface area (Å²) in [4.78, 5) is 7.26. The number of rotatable bonds is 2. The van der Waals surface area contributed by atoms with E-state index in [9.17, 15) is 14.0 Å². The summed E-state index contributed by atoms with van der Waals surface area (Å²) in [7, 11) is 0. The Morgan fingerprint density at radius 1 is 1.26 bits per heavy atom. The van der Waals surface area contributed by atoms with Crippen LogP contribution in [0.25, 0.3) is 11.3 Å². The predicted octanol–water partition coefficient (Wildman–Crippen LogP) is 3.30. The zero-order valence-corrected chi connectivity index (χ0v) is 10.1. The van der Waals surface area contributed by atoms with E-state index in [1.165, 1.54) is 6.07 Å². The lowest BCUT2D eigenvalue weighted by Gasteiger charge is -2.32. The van der Waals surface area contributed by atoms with Crippen LogP contribution in [-0.4, -0.2) is 9.97 Å². The maximum Gasteiger partial charge on any atom is 0.159 e. The maximum absolute atomic E-state index is 13.2. The van der Waals surface area contributed by atoms with E-state index >= 15 is 0 Å². The Bertz CT molecular complexity index is 666. The summed E-state index contributed by atoms with van der Waals surface area (Å²) < 4.78 is 26.1. The molecule has 3 nitrogen and oxygen atoms in total. The van der Waals surface area contributed by atoms with Crippen LogP contribution >= 0.6 is 0 Å². The number of aromatic amines is 1. The Labute approximate surface area is 108 Å². The molecule has 1 saturated carbocycles. The molecule has 1 aliphatic carbocycles. The molecule has 0 radical (unpaired) electrons. The van der Waals surface area contributed by atoms with E-state index in [1.54, 1.807) is 6.20 Å². The Hall–Kier alpha value is -2.22. The molecule has 1 aromatic heterocycles. The summed E-state index contributed by atoms with van der Waals surface area (Å²) in [5.41, 5.74) is 0.581. The van der Waals surface area contributed by atoms with Crippen molar-refractivity contribution in [2.24, 2.45) is 0 Å². The standard InChI is InChI=1S/C14H11F2N3/c15-10-3-2-9(6-11(10)16)12-7-18-13(19-12)14(8-17)4-1-5-14/h2-3,6-7H,1,4-5H2,(H,18,19). The number of nitriles is 1. The van der Waals surface area contributed by atoms with Gasteiger partial charge in [-0.15, -0.1) is 0 Å². The van der Waals surface area contributed by atoms with Crippen LogP contribution in [0.1, 0.15) is 25.1 Å². The summed E-state index contributed by atoms with van der Waals surface area (Å²) in [5, 5.41) is 9.23. The van der Waals surface area contributed by atoms with Crippen LogP contribution in [0.2, 0.25) is 0 Å². The molecule has 96 valence electrons. The van der Waals surface area contributed by atoms with Crippen molar-refractivity contribution in [3.8, 4) is 17.3 Å². The number of nitrogens with zero attached hydrogens (tertiary/aromatic N) is 2. The van der Waals surface area contributed by atoms with E-state index in [0.29, 0.717) is 17.1 Å². The molecule has 1 fully saturated rings. The summed E-state index contributed by atoms with van der Waals surface area (Å²) in [6.07, 6.45) is 4.14. The minimum Gasteiger partial charge on any atom is -0.341 e. The molecule has 5 heteroatoms. The monoisotopic (exact) mass is 259 g/mol. The molecule has 0 unspecified atom stereocenters. The summed E-state index contributed by atoms with van der Waals surface area (Å²) >= 11 is 0. The van der Waals surface area contributed by atoms with E-state index < -0.39 is 17.0 Å². The van der Waals surface area contributed by atoms with Gasteiger partial charge < -0.3 is 4.98 Å². The minimum atomic E-state index is -0.896. The zero-order valence-electron chi connectivity index (χ0n) is 10.1. The van der Waals surface area contributed by atoms with Gasteiger partial charge in [0.15, 0.2) is 11.6 Å². The molecule has 19 heavy (non-hydrogen) atoms. The van der Waals surface area contributed by atoms with Crippen molar-refractivity contribution in [1.82, 2.24) is 9.97 Å². The third-order valence-corrected chi connectivity index (χ3v) is 3.68. The first kappa shape index (κ1) is 11.8. The fourth-order valence-electron chi connectivity index (χ4n) is 2.31. The van der Waals surface area contributed by atoms with Gasteiger partial charge in [-0.1, -0.05) is 0 Å². The molecule has 0 amide bonds. The van der Waals surface area contributed by atoms with Crippen molar-refractivity contribution in [2.75, 3.05) is 0 Å². The van der Waals surface area contributed by atoms with Crippen molar-refractivity contribution in [3.05, 3.63) is 41.9 Å². The number of halogens is 2. The van der Waals surface area contributed by atoms with Crippen molar-refractivity contribution in [1.29, 1.82) is 5.26 Å². The fourth-order valence-corrected chi connectivity index (χ4v) is 2.31. The normalized spacial score (nSPS) is 16.7. The summed E-state index contributed by atoms with van der Waals surface area (Å²) in [6.45, 7) is 0. The van der Waals surface area contributed by atoms with Gasteiger partial charge in [-0.2, -0.15) is 5.26 Å². The molecule has 0 atom stereocenters. The Balaban J connectivity index is 1.97. The van der Waals surface area contributed by atoms with Crippen LogP contribution in [-0.2, 0) is 5.41 Å². The number of hydrogen-bond donors (Lipinski definition) is 1. The molecule has 1 aliphatic rings. The highest BCUT2D eigenvalue weighted by molar-refractivity contribution is 5.59. The Morgan fingerprint density at radius 2 is 2.05 bits per heavy atom. The van der Waals surface area contributed by atoms with Crippen LogP contribution < -0.4 is 0 Å². The second-order valence-electron chi connectivity index (χ2n) is 4.82. The molecule has 1 heterocycles. The molecule has 0 bridgehead atoms. The first-order valence-corrected chi connectivity index (χ1v) is 6.07. The molecular weight excluding hydrogens is 248 g/mol. The van der Waals surface area contributed by atoms with Crippen LogP contribution in [0, 0.1) is 23.0 Å². The lowest BCUT2D eigenvalue weighted by Crippen LogP contribution is -2.33. The van der Waals surface area contributed by atoms with Gasteiger partial charge in [0.05, 0.1) is 18.0 Å². The van der Waals surface area contributed by atoms with Gasteiger partial charge >= 0.3 is 0 Å². The second kappa shape index (κ2) is 4.16. The number of H-pyrrole nitrogens is 1. The van der Waals surface area contributed by atoms with E-state index in [-0.39, 0.29) is 0 Å². The number of nitrogens with one attached hydrogen (secondary N) is 1. The number of aromatic nitrogens is 2. The van der Waals surface area contributed by atoms with Gasteiger partial charge in [0.25, 0.3) is 0 Å². The van der Waals surface area contributed by atoms with Gasteiger partial charge in [-0.05, 0) is 37.5 Å². The average Bonchev–Trinajstić information content (AvgIpc) is 2.82. The van der Waals surface area contributed by atoms with Gasteiger partial charge in [-0.25, -0.2) is 13.8 Å². The lowest BCUT2D eigenvalue weighted by atomic mass is 9.69. The molecule has 0 spiro atoms. The van der Waals surface area contributed by atoms with Crippen LogP contribution in [0.15, 0.2) is 24.4 Å². The van der Waals surface area contributed by atoms with E-state index in [1.807, 2.05) is 0 Å². The number of hydrogen-bond acceptors (Lipinski definition) is 2. The largest absolute Gasteiger partial charge is 0.341 e. The smallest absolute Gasteiger partial charge is 0.159 e. The van der Waals surface area contributed by atoms with Gasteiger partial charge in [-0.3, -0.25) is 0 Å². The molecule has 3 rings (SSSR count). The minimum absolute atomic E-state index is 0.519. The van der Waals surface area contributed by atoms with Crippen LogP contribution in [0.3, 0.4) is 0 Å². The SMILES string of the molecule is N#CC1(c2ncc(-c3ccc(F)c(F)c3)[nH]2)CCC1. The molecule has 0 saturated heterocycles. The molecule has 1 aromatic carbocycles. The Kier molecular flexibility index (Phi) is 2.59. The van der Waals surface area contributed by atoms with Gasteiger partial charge in [0, 0.05) is 5.56 Å². The summed E-state index contributed by atoms with van der Waals surface area (Å²) in [5.74, 6) is -1.16. The summed E-state index contributed by atoms with van der Waals surface area (Å²) in [6, 6.07) is 5.97. The third kappa shape index (κ3) is 1.80. The Morgan fingerprint density at radius 3 is 2.63 bits per heavy atom. The van der Waals surface area contributed by atoms with Crippen molar-refractivity contribution >= 4 is 0 Å². The topological polar surface area (TPSA) is 52.5 Å². The average molecular weight is 259 g/mol. The first-order valence-electron chi connectivity index (χ1n) is 6.07. The highest BCUT2D eigenvalue weighted by Crippen LogP contribution is 2.42. The highest BCUT2D eigenvalue weighted by Gasteiger charge is 2.41. The van der Waals surface area contributed by atoms with Crippen LogP contribution in [0.5, 0.6) is 0 Å². The van der Waals surface area contributed by atoms with Crippen molar-refractivity contribution in [2.45, 2.75) is 24.7 Å². The van der Waals surface area contributed by atoms with E-state index in [0.717, 1.165) is 31.4 Å². The first-order chi connectivity index (χ1) is 9.14. The number of benzene rings is 1. The van der Waals surface area contributed by atoms with E-state index in [4.69, 9.17) is 0 Å². The molecule has 0 aliphatic heterocycles. The van der Waals surface area contributed by atoms with Crippen molar-refractivity contribution in [3.63, 3.8) is 0 Å². The highest BCUT2D eigenvalue weighted by atomic mass is 19.2. The lowest BCUT2D eigenvalue weighted by molar-refractivity contribution is 0.309. The fraction of sp³-hybridized carbons (Fsp3) is 0.286. The van der Waals surface area contributed by atoms with Gasteiger partial charge in [0.1, 0.15) is 11.2 Å². The third-order valence-electron chi connectivity index (χ3n) is 3.68. The molecular formula is C14H11F2N3. The van der Waals surface area contributed by atoms with Crippen molar-refractivity contribution < 1.29 is 8.78 Å². The predicted molar refractivity (Wildman–Crippen MR) is 65.1 cm³/mol. The second-order valence-corrected chi connectivity index (χ2v) is 4.82. The molecule has 2 aromatic rings. The van der Waals surface area contributed by atoms with Gasteiger partial charge in [0.2, 0.25) is 0 Å². The zero-order chi connectivity index (χ0) is 13.5.